The van der Waals surface area contributed by atoms with Gasteiger partial charge < -0.3 is 4.74 Å². The predicted molar refractivity (Wildman–Crippen MR) is 79.7 cm³/mol. The maximum absolute atomic E-state index is 5.90. The van der Waals surface area contributed by atoms with Crippen LogP contribution in [0.25, 0.3) is 0 Å². The number of hydrogen-bond donors (Lipinski definition) is 0. The van der Waals surface area contributed by atoms with Crippen LogP contribution in [0.15, 0.2) is 36.0 Å². The molecule has 102 valence electrons. The van der Waals surface area contributed by atoms with Crippen molar-refractivity contribution in [3.63, 3.8) is 0 Å². The third kappa shape index (κ3) is 6.20. The highest BCUT2D eigenvalue weighted by atomic mass is 16.5. The second-order valence-corrected chi connectivity index (χ2v) is 6.22. The molecule has 0 spiro atoms. The van der Waals surface area contributed by atoms with Gasteiger partial charge in [0.25, 0.3) is 0 Å². The van der Waals surface area contributed by atoms with E-state index >= 15 is 0 Å². The number of allylic oxidation sites excluding steroid dienone is 5. The van der Waals surface area contributed by atoms with Crippen LogP contribution < -0.4 is 0 Å². The number of ether oxygens (including phenoxy) is 1. The van der Waals surface area contributed by atoms with E-state index in [0.717, 1.165) is 6.42 Å². The van der Waals surface area contributed by atoms with E-state index in [1.165, 1.54) is 36.8 Å². The molecule has 1 heteroatoms. The van der Waals surface area contributed by atoms with E-state index in [1.807, 2.05) is 0 Å². The Morgan fingerprint density at radius 1 is 1.22 bits per heavy atom. The van der Waals surface area contributed by atoms with Crippen LogP contribution in [-0.4, -0.2) is 11.7 Å². The zero-order valence-corrected chi connectivity index (χ0v) is 12.5. The molecule has 0 aromatic heterocycles. The van der Waals surface area contributed by atoms with Gasteiger partial charge in [-0.1, -0.05) is 37.6 Å². The molecule has 0 fully saturated rings. The quantitative estimate of drug-likeness (QED) is 0.563. The summed E-state index contributed by atoms with van der Waals surface area (Å²) in [6, 6.07) is 0. The monoisotopic (exact) mass is 248 g/mol. The number of unbranched alkanes of at least 4 members (excludes halogenated alkanes) is 2. The molecule has 1 nitrogen and oxygen atoms in total. The van der Waals surface area contributed by atoms with Crippen molar-refractivity contribution in [1.29, 1.82) is 0 Å². The summed E-state index contributed by atoms with van der Waals surface area (Å²) >= 11 is 0. The average molecular weight is 248 g/mol. The van der Waals surface area contributed by atoms with Crippen molar-refractivity contribution in [1.82, 2.24) is 0 Å². The molecule has 1 unspecified atom stereocenters. The van der Waals surface area contributed by atoms with Crippen LogP contribution in [0.1, 0.15) is 59.8 Å². The summed E-state index contributed by atoms with van der Waals surface area (Å²) < 4.78 is 5.90. The molecule has 0 aromatic carbocycles. The van der Waals surface area contributed by atoms with Crippen molar-refractivity contribution < 1.29 is 4.74 Å². The summed E-state index contributed by atoms with van der Waals surface area (Å²) in [5.41, 5.74) is 2.59. The van der Waals surface area contributed by atoms with E-state index in [-0.39, 0.29) is 5.60 Å². The Balaban J connectivity index is 2.04. The standard InChI is InChI=1S/C17H28O/c1-14-10-9-13-16(14)12-8-6-7-11-15(2)18-17(3,4)5/h9-10,13,15H,1,6-8,11-12H2,2-5H3. The molecule has 1 rings (SSSR count). The van der Waals surface area contributed by atoms with Crippen LogP contribution in [0.5, 0.6) is 0 Å². The lowest BCUT2D eigenvalue weighted by Gasteiger charge is -2.25. The van der Waals surface area contributed by atoms with Gasteiger partial charge in [-0.2, -0.15) is 0 Å². The molecule has 18 heavy (non-hydrogen) atoms. The number of rotatable bonds is 7. The van der Waals surface area contributed by atoms with Gasteiger partial charge in [0.2, 0.25) is 0 Å². The highest BCUT2D eigenvalue weighted by Crippen LogP contribution is 2.23. The van der Waals surface area contributed by atoms with Crippen molar-refractivity contribution in [2.75, 3.05) is 0 Å². The van der Waals surface area contributed by atoms with Crippen molar-refractivity contribution in [3.8, 4) is 0 Å². The van der Waals surface area contributed by atoms with E-state index in [4.69, 9.17) is 4.74 Å². The molecule has 0 bridgehead atoms. The topological polar surface area (TPSA) is 9.23 Å². The van der Waals surface area contributed by atoms with Crippen LogP contribution in [0.4, 0.5) is 0 Å². The average Bonchev–Trinajstić information content (AvgIpc) is 2.61. The fourth-order valence-electron chi connectivity index (χ4n) is 2.32. The smallest absolute Gasteiger partial charge is 0.0602 e. The molecular formula is C17H28O. The van der Waals surface area contributed by atoms with Gasteiger partial charge in [0.05, 0.1) is 11.7 Å². The largest absolute Gasteiger partial charge is 0.373 e. The maximum Gasteiger partial charge on any atom is 0.0602 e. The Morgan fingerprint density at radius 3 is 2.50 bits per heavy atom. The minimum Gasteiger partial charge on any atom is -0.373 e. The van der Waals surface area contributed by atoms with Crippen molar-refractivity contribution in [2.45, 2.75) is 71.5 Å². The van der Waals surface area contributed by atoms with Gasteiger partial charge >= 0.3 is 0 Å². The summed E-state index contributed by atoms with van der Waals surface area (Å²) in [6.07, 6.45) is 12.9. The molecule has 1 aliphatic carbocycles. The fraction of sp³-hybridized carbons (Fsp3) is 0.647. The lowest BCUT2D eigenvalue weighted by atomic mass is 10.0. The van der Waals surface area contributed by atoms with E-state index in [2.05, 4.69) is 52.5 Å². The van der Waals surface area contributed by atoms with Gasteiger partial charge in [-0.15, -0.1) is 0 Å². The van der Waals surface area contributed by atoms with Crippen LogP contribution in [0, 0.1) is 0 Å². The van der Waals surface area contributed by atoms with Gasteiger partial charge in [0.1, 0.15) is 0 Å². The molecule has 0 amide bonds. The van der Waals surface area contributed by atoms with Crippen LogP contribution in [0.3, 0.4) is 0 Å². The van der Waals surface area contributed by atoms with Gasteiger partial charge in [0, 0.05) is 0 Å². The molecule has 0 heterocycles. The molecule has 1 atom stereocenters. The number of hydrogen-bond acceptors (Lipinski definition) is 1. The molecule has 0 saturated heterocycles. The predicted octanol–water partition coefficient (Wildman–Crippen LogP) is 5.19. The summed E-state index contributed by atoms with van der Waals surface area (Å²) in [7, 11) is 0. The minimum absolute atomic E-state index is 0.0164. The molecule has 1 aliphatic rings. The third-order valence-electron chi connectivity index (χ3n) is 3.12. The Labute approximate surface area is 113 Å². The van der Waals surface area contributed by atoms with Gasteiger partial charge in [-0.05, 0) is 58.1 Å². The van der Waals surface area contributed by atoms with E-state index < -0.39 is 0 Å². The van der Waals surface area contributed by atoms with Crippen LogP contribution in [0.2, 0.25) is 0 Å². The lowest BCUT2D eigenvalue weighted by molar-refractivity contribution is -0.0549. The van der Waals surface area contributed by atoms with Gasteiger partial charge in [-0.3, -0.25) is 0 Å². The summed E-state index contributed by atoms with van der Waals surface area (Å²) in [5.74, 6) is 0. The van der Waals surface area contributed by atoms with E-state index in [0.29, 0.717) is 6.10 Å². The molecule has 0 saturated carbocycles. The molecular weight excluding hydrogens is 220 g/mol. The molecule has 0 N–H and O–H groups in total. The van der Waals surface area contributed by atoms with Crippen molar-refractivity contribution in [2.24, 2.45) is 0 Å². The zero-order valence-electron chi connectivity index (χ0n) is 12.5. The first-order valence-corrected chi connectivity index (χ1v) is 7.13. The normalized spacial score (nSPS) is 17.1. The molecule has 0 aliphatic heterocycles. The second kappa shape index (κ2) is 6.94. The Kier molecular flexibility index (Phi) is 5.87. The molecule has 0 radical (unpaired) electrons. The third-order valence-corrected chi connectivity index (χ3v) is 3.12. The highest BCUT2D eigenvalue weighted by molar-refractivity contribution is 5.46. The Bertz CT molecular complexity index is 328. The maximum atomic E-state index is 5.90. The lowest BCUT2D eigenvalue weighted by Crippen LogP contribution is -2.25. The van der Waals surface area contributed by atoms with E-state index in [9.17, 15) is 0 Å². The van der Waals surface area contributed by atoms with Crippen LogP contribution in [-0.2, 0) is 4.74 Å². The SMILES string of the molecule is C=C1C=CC=C1CCCCCC(C)OC(C)(C)C. The van der Waals surface area contributed by atoms with Gasteiger partial charge in [0.15, 0.2) is 0 Å². The molecule has 0 aromatic rings. The second-order valence-electron chi connectivity index (χ2n) is 6.22. The van der Waals surface area contributed by atoms with Crippen molar-refractivity contribution >= 4 is 0 Å². The first-order valence-electron chi connectivity index (χ1n) is 7.13. The Morgan fingerprint density at radius 2 is 1.94 bits per heavy atom. The van der Waals surface area contributed by atoms with Crippen LogP contribution >= 0.6 is 0 Å². The Hall–Kier alpha value is -0.820. The first-order chi connectivity index (χ1) is 8.38. The highest BCUT2D eigenvalue weighted by Gasteiger charge is 2.14. The van der Waals surface area contributed by atoms with E-state index in [1.54, 1.807) is 0 Å². The minimum atomic E-state index is -0.0164. The van der Waals surface area contributed by atoms with Gasteiger partial charge in [-0.25, -0.2) is 0 Å². The zero-order chi connectivity index (χ0) is 13.6. The summed E-state index contributed by atoms with van der Waals surface area (Å²) in [6.45, 7) is 12.6. The summed E-state index contributed by atoms with van der Waals surface area (Å²) in [5, 5.41) is 0. The van der Waals surface area contributed by atoms with Crippen molar-refractivity contribution in [3.05, 3.63) is 36.0 Å². The summed E-state index contributed by atoms with van der Waals surface area (Å²) in [4.78, 5) is 0. The fourth-order valence-corrected chi connectivity index (χ4v) is 2.32. The first kappa shape index (κ1) is 15.2.